The Hall–Kier alpha value is -0.910. The molecule has 1 aliphatic heterocycles. The molecule has 0 unspecified atom stereocenters. The number of hydrogen-bond donors (Lipinski definition) is 2. The number of morpholine rings is 1. The van der Waals surface area contributed by atoms with E-state index in [2.05, 4.69) is 35.1 Å². The molecule has 0 bridgehead atoms. The zero-order valence-corrected chi connectivity index (χ0v) is 14.4. The van der Waals surface area contributed by atoms with Crippen LogP contribution in [-0.4, -0.2) is 37.7 Å². The van der Waals surface area contributed by atoms with Gasteiger partial charge < -0.3 is 15.0 Å². The molecule has 1 amide bonds. The molecule has 1 heterocycles. The van der Waals surface area contributed by atoms with Crippen molar-refractivity contribution in [1.29, 1.82) is 0 Å². The van der Waals surface area contributed by atoms with Crippen LogP contribution in [0.5, 0.6) is 0 Å². The molecule has 1 fully saturated rings. The lowest BCUT2D eigenvalue weighted by Gasteiger charge is -2.32. The van der Waals surface area contributed by atoms with Gasteiger partial charge in [0.05, 0.1) is 6.04 Å². The first-order valence-electron chi connectivity index (χ1n) is 7.48. The SMILES string of the molecule is C[C@H](NC(=O)C[NH+]1C[C@H](C)O[C@@H](C)C1)c1ccc(Br)cc1. The van der Waals surface area contributed by atoms with E-state index < -0.39 is 0 Å². The van der Waals surface area contributed by atoms with Gasteiger partial charge in [-0.3, -0.25) is 4.79 Å². The van der Waals surface area contributed by atoms with Crippen LogP contribution in [0.15, 0.2) is 28.7 Å². The third-order valence-corrected chi connectivity index (χ3v) is 4.30. The molecule has 3 atom stereocenters. The largest absolute Gasteiger partial charge is 0.364 e. The molecule has 2 rings (SSSR count). The minimum Gasteiger partial charge on any atom is -0.364 e. The summed E-state index contributed by atoms with van der Waals surface area (Å²) in [5.74, 6) is 0.0988. The number of hydrogen-bond acceptors (Lipinski definition) is 2. The van der Waals surface area contributed by atoms with E-state index in [9.17, 15) is 4.79 Å². The predicted molar refractivity (Wildman–Crippen MR) is 86.3 cm³/mol. The molecule has 0 spiro atoms. The fourth-order valence-electron chi connectivity index (χ4n) is 2.89. The molecule has 5 heteroatoms. The molecular weight excluding hydrogens is 332 g/mol. The van der Waals surface area contributed by atoms with Crippen molar-refractivity contribution < 1.29 is 14.4 Å². The molecular formula is C16H24BrN2O2+. The molecule has 1 saturated heterocycles. The van der Waals surface area contributed by atoms with Gasteiger partial charge in [-0.05, 0) is 38.5 Å². The summed E-state index contributed by atoms with van der Waals surface area (Å²) in [4.78, 5) is 13.5. The van der Waals surface area contributed by atoms with Gasteiger partial charge in [-0.25, -0.2) is 0 Å². The summed E-state index contributed by atoms with van der Waals surface area (Å²) in [6.45, 7) is 8.45. The Morgan fingerprint density at radius 3 is 2.48 bits per heavy atom. The van der Waals surface area contributed by atoms with Crippen molar-refractivity contribution in [2.24, 2.45) is 0 Å². The van der Waals surface area contributed by atoms with E-state index in [1.807, 2.05) is 31.2 Å². The zero-order chi connectivity index (χ0) is 15.4. The van der Waals surface area contributed by atoms with E-state index in [4.69, 9.17) is 4.74 Å². The Kier molecular flexibility index (Phi) is 5.79. The van der Waals surface area contributed by atoms with Crippen LogP contribution in [0.3, 0.4) is 0 Å². The molecule has 2 N–H and O–H groups in total. The van der Waals surface area contributed by atoms with Crippen LogP contribution in [-0.2, 0) is 9.53 Å². The number of halogens is 1. The Bertz CT molecular complexity index is 468. The number of amides is 1. The van der Waals surface area contributed by atoms with Gasteiger partial charge >= 0.3 is 0 Å². The molecule has 4 nitrogen and oxygen atoms in total. The highest BCUT2D eigenvalue weighted by Gasteiger charge is 2.27. The van der Waals surface area contributed by atoms with Crippen LogP contribution < -0.4 is 10.2 Å². The average Bonchev–Trinajstić information content (AvgIpc) is 2.37. The Morgan fingerprint density at radius 1 is 1.33 bits per heavy atom. The third kappa shape index (κ3) is 5.09. The van der Waals surface area contributed by atoms with E-state index in [1.54, 1.807) is 0 Å². The molecule has 0 aromatic heterocycles. The number of carbonyl (C=O) groups is 1. The molecule has 1 aromatic rings. The van der Waals surface area contributed by atoms with E-state index in [-0.39, 0.29) is 24.2 Å². The highest BCUT2D eigenvalue weighted by atomic mass is 79.9. The number of ether oxygens (including phenoxy) is 1. The fourth-order valence-corrected chi connectivity index (χ4v) is 3.15. The average molecular weight is 356 g/mol. The molecule has 1 aromatic carbocycles. The van der Waals surface area contributed by atoms with Crippen molar-refractivity contribution in [1.82, 2.24) is 5.32 Å². The van der Waals surface area contributed by atoms with Crippen LogP contribution in [0, 0.1) is 0 Å². The fraction of sp³-hybridized carbons (Fsp3) is 0.562. The third-order valence-electron chi connectivity index (χ3n) is 3.77. The normalized spacial score (nSPS) is 27.1. The maximum Gasteiger partial charge on any atom is 0.275 e. The van der Waals surface area contributed by atoms with Crippen LogP contribution in [0.25, 0.3) is 0 Å². The lowest BCUT2D eigenvalue weighted by atomic mass is 10.1. The standard InChI is InChI=1S/C16H23BrN2O2/c1-11-8-19(9-12(2)21-11)10-16(20)18-13(3)14-4-6-15(17)7-5-14/h4-7,11-13H,8-10H2,1-3H3,(H,18,20)/p+1/t11-,12-,13-/m0/s1. The van der Waals surface area contributed by atoms with Crippen LogP contribution >= 0.6 is 15.9 Å². The number of quaternary nitrogens is 1. The highest BCUT2D eigenvalue weighted by molar-refractivity contribution is 9.10. The summed E-state index contributed by atoms with van der Waals surface area (Å²) in [6, 6.07) is 8.07. The van der Waals surface area contributed by atoms with Crippen LogP contribution in [0.4, 0.5) is 0 Å². The summed E-state index contributed by atoms with van der Waals surface area (Å²) >= 11 is 3.42. The summed E-state index contributed by atoms with van der Waals surface area (Å²) < 4.78 is 6.75. The monoisotopic (exact) mass is 355 g/mol. The lowest BCUT2D eigenvalue weighted by Crippen LogP contribution is -3.16. The molecule has 1 aliphatic rings. The first-order valence-corrected chi connectivity index (χ1v) is 8.27. The summed E-state index contributed by atoms with van der Waals surface area (Å²) in [7, 11) is 0. The highest BCUT2D eigenvalue weighted by Crippen LogP contribution is 2.16. The van der Waals surface area contributed by atoms with Crippen molar-refractivity contribution in [3.8, 4) is 0 Å². The number of rotatable bonds is 4. The second kappa shape index (κ2) is 7.38. The van der Waals surface area contributed by atoms with Gasteiger partial charge in [-0.2, -0.15) is 0 Å². The Morgan fingerprint density at radius 2 is 1.90 bits per heavy atom. The van der Waals surface area contributed by atoms with E-state index in [1.165, 1.54) is 4.90 Å². The second-order valence-corrected chi connectivity index (χ2v) is 6.85. The van der Waals surface area contributed by atoms with Crippen molar-refractivity contribution in [2.45, 2.75) is 39.0 Å². The smallest absolute Gasteiger partial charge is 0.275 e. The molecule has 0 aliphatic carbocycles. The number of carbonyl (C=O) groups excluding carboxylic acids is 1. The Labute approximate surface area is 135 Å². The second-order valence-electron chi connectivity index (χ2n) is 5.93. The topological polar surface area (TPSA) is 42.8 Å². The lowest BCUT2D eigenvalue weighted by molar-refractivity contribution is -0.907. The maximum atomic E-state index is 12.2. The van der Waals surface area contributed by atoms with Gasteiger partial charge in [-0.15, -0.1) is 0 Å². The molecule has 0 radical (unpaired) electrons. The van der Waals surface area contributed by atoms with Gasteiger partial charge in [0.2, 0.25) is 0 Å². The van der Waals surface area contributed by atoms with Crippen molar-refractivity contribution in [3.63, 3.8) is 0 Å². The summed E-state index contributed by atoms with van der Waals surface area (Å²) in [5.41, 5.74) is 1.12. The van der Waals surface area contributed by atoms with E-state index in [0.29, 0.717) is 6.54 Å². The van der Waals surface area contributed by atoms with Gasteiger partial charge in [0.15, 0.2) is 6.54 Å². The van der Waals surface area contributed by atoms with E-state index in [0.717, 1.165) is 23.1 Å². The van der Waals surface area contributed by atoms with Gasteiger partial charge in [0.1, 0.15) is 25.3 Å². The quantitative estimate of drug-likeness (QED) is 0.855. The summed E-state index contributed by atoms with van der Waals surface area (Å²) in [5, 5.41) is 3.08. The molecule has 0 saturated carbocycles. The molecule has 116 valence electrons. The predicted octanol–water partition coefficient (Wildman–Crippen LogP) is 1.32. The van der Waals surface area contributed by atoms with Crippen LogP contribution in [0.2, 0.25) is 0 Å². The number of benzene rings is 1. The van der Waals surface area contributed by atoms with Crippen molar-refractivity contribution in [3.05, 3.63) is 34.3 Å². The molecule has 21 heavy (non-hydrogen) atoms. The van der Waals surface area contributed by atoms with Gasteiger partial charge in [-0.1, -0.05) is 28.1 Å². The Balaban J connectivity index is 1.85. The minimum absolute atomic E-state index is 0.0286. The van der Waals surface area contributed by atoms with E-state index >= 15 is 0 Å². The maximum absolute atomic E-state index is 12.2. The van der Waals surface area contributed by atoms with Gasteiger partial charge in [0, 0.05) is 4.47 Å². The van der Waals surface area contributed by atoms with Crippen molar-refractivity contribution >= 4 is 21.8 Å². The van der Waals surface area contributed by atoms with Crippen LogP contribution in [0.1, 0.15) is 32.4 Å². The van der Waals surface area contributed by atoms with Gasteiger partial charge in [0.25, 0.3) is 5.91 Å². The zero-order valence-electron chi connectivity index (χ0n) is 12.9. The first kappa shape index (κ1) is 16.5. The first-order chi connectivity index (χ1) is 9.94. The number of nitrogens with one attached hydrogen (secondary N) is 2. The minimum atomic E-state index is 0.0286. The van der Waals surface area contributed by atoms with Crippen molar-refractivity contribution in [2.75, 3.05) is 19.6 Å². The summed E-state index contributed by atoms with van der Waals surface area (Å²) in [6.07, 6.45) is 0.445.